The average molecular weight is 549 g/mol. The van der Waals surface area contributed by atoms with Crippen LogP contribution in [-0.2, 0) is 9.53 Å². The second-order valence-corrected chi connectivity index (χ2v) is 10.1. The van der Waals surface area contributed by atoms with Crippen molar-refractivity contribution in [2.45, 2.75) is 30.6 Å². The number of benzene rings is 2. The molecule has 5 atom stereocenters. The van der Waals surface area contributed by atoms with E-state index in [1.165, 1.54) is 11.8 Å². The first-order chi connectivity index (χ1) is 19.3. The Hall–Kier alpha value is -3.76. The van der Waals surface area contributed by atoms with Crippen molar-refractivity contribution in [3.8, 4) is 17.4 Å². The summed E-state index contributed by atoms with van der Waals surface area (Å²) in [6.45, 7) is 3.43. The summed E-state index contributed by atoms with van der Waals surface area (Å²) in [5.74, 6) is -0.0871. The monoisotopic (exact) mass is 548 g/mol. The molecule has 0 spiro atoms. The predicted octanol–water partition coefficient (Wildman–Crippen LogP) is 0.675. The summed E-state index contributed by atoms with van der Waals surface area (Å²) in [6, 6.07) is 16.2. The number of hydrogen-bond donors (Lipinski definition) is 5. The molecule has 11 heteroatoms. The summed E-state index contributed by atoms with van der Waals surface area (Å²) < 4.78 is 10.9. The van der Waals surface area contributed by atoms with E-state index in [-0.39, 0.29) is 11.3 Å². The van der Waals surface area contributed by atoms with E-state index < -0.39 is 43.2 Å². The number of carbonyl (C=O) groups is 1. The van der Waals surface area contributed by atoms with E-state index in [0.29, 0.717) is 5.76 Å². The van der Waals surface area contributed by atoms with Gasteiger partial charge in [0.25, 0.3) is 5.91 Å². The van der Waals surface area contributed by atoms with Gasteiger partial charge in [-0.2, -0.15) is 5.26 Å². The third-order valence-corrected chi connectivity index (χ3v) is 7.45. The molecule has 5 N–H and O–H groups in total. The number of piperazine rings is 1. The number of nitrogens with one attached hydrogen (secondary N) is 1. The van der Waals surface area contributed by atoms with E-state index in [2.05, 4.69) is 40.4 Å². The number of aliphatic hydroxyl groups is 4. The van der Waals surface area contributed by atoms with Gasteiger partial charge in [-0.25, -0.2) is 0 Å². The number of nitrogens with zero attached hydrogens (tertiary/aromatic N) is 3. The first-order valence-electron chi connectivity index (χ1n) is 13.1. The number of furan rings is 1. The Labute approximate surface area is 231 Å². The van der Waals surface area contributed by atoms with E-state index in [4.69, 9.17) is 9.15 Å². The van der Waals surface area contributed by atoms with Gasteiger partial charge in [0.2, 0.25) is 0 Å². The number of rotatable bonds is 6. The van der Waals surface area contributed by atoms with Gasteiger partial charge in [0, 0.05) is 43.5 Å². The Bertz CT molecular complexity index is 1440. The van der Waals surface area contributed by atoms with Crippen LogP contribution in [0.5, 0.6) is 0 Å². The SMILES string of the molecule is CN1CCN(c2ccc3cc(-c4ccc(/C=C(\C#N)C(=O)N[C@H]5C(O)O[C@H](CO)[C@@H](O)[C@@H]5O)o4)ccc3c2)CC1. The topological polar surface area (TPSA) is 163 Å². The minimum Gasteiger partial charge on any atom is -0.457 e. The Kier molecular flexibility index (Phi) is 8.18. The Morgan fingerprint density at radius 3 is 2.50 bits per heavy atom. The Morgan fingerprint density at radius 2 is 1.77 bits per heavy atom. The zero-order chi connectivity index (χ0) is 28.4. The molecule has 1 amide bonds. The minimum absolute atomic E-state index is 0.258. The number of aliphatic hydroxyl groups excluding tert-OH is 4. The molecule has 2 saturated heterocycles. The molecule has 11 nitrogen and oxygen atoms in total. The quantitative estimate of drug-likeness (QED) is 0.219. The molecule has 3 aromatic rings. The van der Waals surface area contributed by atoms with E-state index >= 15 is 0 Å². The third-order valence-electron chi connectivity index (χ3n) is 7.45. The van der Waals surface area contributed by atoms with E-state index in [9.17, 15) is 30.5 Å². The second kappa shape index (κ2) is 11.8. The van der Waals surface area contributed by atoms with E-state index in [1.807, 2.05) is 18.2 Å². The lowest BCUT2D eigenvalue weighted by Crippen LogP contribution is -2.64. The molecule has 1 aromatic heterocycles. The molecule has 0 bridgehead atoms. The molecule has 0 aliphatic carbocycles. The molecule has 40 heavy (non-hydrogen) atoms. The summed E-state index contributed by atoms with van der Waals surface area (Å²) in [5, 5.41) is 53.6. The van der Waals surface area contributed by atoms with Crippen LogP contribution < -0.4 is 10.2 Å². The molecular formula is C29H32N4O7. The highest BCUT2D eigenvalue weighted by Gasteiger charge is 2.44. The van der Waals surface area contributed by atoms with Crippen LogP contribution in [0.4, 0.5) is 5.69 Å². The maximum absolute atomic E-state index is 12.7. The number of amides is 1. The summed E-state index contributed by atoms with van der Waals surface area (Å²) in [4.78, 5) is 17.4. The molecule has 210 valence electrons. The maximum Gasteiger partial charge on any atom is 0.262 e. The van der Waals surface area contributed by atoms with Gasteiger partial charge in [0.15, 0.2) is 6.29 Å². The summed E-state index contributed by atoms with van der Waals surface area (Å²) in [5.41, 5.74) is 1.69. The van der Waals surface area contributed by atoms with Crippen molar-refractivity contribution in [2.75, 3.05) is 44.7 Å². The van der Waals surface area contributed by atoms with Crippen LogP contribution in [0.15, 0.2) is 58.5 Å². The maximum atomic E-state index is 12.7. The fourth-order valence-electron chi connectivity index (χ4n) is 5.01. The molecular weight excluding hydrogens is 516 g/mol. The predicted molar refractivity (Wildman–Crippen MR) is 147 cm³/mol. The van der Waals surface area contributed by atoms with Gasteiger partial charge in [-0.1, -0.05) is 18.2 Å². The first kappa shape index (κ1) is 27.8. The molecule has 3 heterocycles. The standard InChI is InChI=1S/C29H32N4O7/c1-32-8-10-33(11-9-32)21-5-4-17-12-19(3-2-18(17)13-21)23-7-6-22(39-23)14-20(15-30)28(37)31-25-27(36)26(35)24(16-34)40-29(25)38/h2-7,12-14,24-27,29,34-36,38H,8-11,16H2,1H3,(H,31,37)/b20-14+/t24-,25-,26-,27-,29?/m1/s1. The van der Waals surface area contributed by atoms with Crippen LogP contribution >= 0.6 is 0 Å². The van der Waals surface area contributed by atoms with E-state index in [1.54, 1.807) is 18.2 Å². The fraction of sp³-hybridized carbons (Fsp3) is 0.379. The molecule has 1 unspecified atom stereocenters. The van der Waals surface area contributed by atoms with Crippen LogP contribution in [0.3, 0.4) is 0 Å². The summed E-state index contributed by atoms with van der Waals surface area (Å²) >= 11 is 0. The lowest BCUT2D eigenvalue weighted by molar-refractivity contribution is -0.253. The molecule has 2 fully saturated rings. The van der Waals surface area contributed by atoms with Crippen LogP contribution in [0.1, 0.15) is 5.76 Å². The number of fused-ring (bicyclic) bond motifs is 1. The highest BCUT2D eigenvalue weighted by molar-refractivity contribution is 6.01. The third kappa shape index (κ3) is 5.73. The number of nitriles is 1. The molecule has 5 rings (SSSR count). The van der Waals surface area contributed by atoms with Gasteiger partial charge in [-0.05, 0) is 48.2 Å². The number of likely N-dealkylation sites (N-methyl/N-ethyl adjacent to an activating group) is 1. The Balaban J connectivity index is 1.29. The fourth-order valence-corrected chi connectivity index (χ4v) is 5.01. The molecule has 2 aliphatic rings. The molecule has 2 aliphatic heterocycles. The number of ether oxygens (including phenoxy) is 1. The zero-order valence-corrected chi connectivity index (χ0v) is 22.0. The lowest BCUT2D eigenvalue weighted by atomic mass is 9.97. The van der Waals surface area contributed by atoms with Gasteiger partial charge in [-0.15, -0.1) is 0 Å². The van der Waals surface area contributed by atoms with Crippen molar-refractivity contribution in [2.24, 2.45) is 0 Å². The van der Waals surface area contributed by atoms with Gasteiger partial charge >= 0.3 is 0 Å². The van der Waals surface area contributed by atoms with Crippen molar-refractivity contribution >= 4 is 28.4 Å². The van der Waals surface area contributed by atoms with Crippen LogP contribution in [0, 0.1) is 11.3 Å². The molecule has 0 saturated carbocycles. The summed E-state index contributed by atoms with van der Waals surface area (Å²) in [7, 11) is 2.13. The van der Waals surface area contributed by atoms with Crippen molar-refractivity contribution in [1.29, 1.82) is 5.26 Å². The number of hydrogen-bond acceptors (Lipinski definition) is 10. The van der Waals surface area contributed by atoms with Crippen LogP contribution in [0.2, 0.25) is 0 Å². The highest BCUT2D eigenvalue weighted by Crippen LogP contribution is 2.30. The summed E-state index contributed by atoms with van der Waals surface area (Å²) in [6.07, 6.45) is -4.82. The van der Waals surface area contributed by atoms with Gasteiger partial charge in [0.1, 0.15) is 47.5 Å². The van der Waals surface area contributed by atoms with Crippen LogP contribution in [-0.4, -0.2) is 102 Å². The first-order valence-corrected chi connectivity index (χ1v) is 13.1. The van der Waals surface area contributed by atoms with Crippen molar-refractivity contribution in [3.05, 3.63) is 59.9 Å². The van der Waals surface area contributed by atoms with Crippen LogP contribution in [0.25, 0.3) is 28.2 Å². The van der Waals surface area contributed by atoms with Crippen molar-refractivity contribution in [3.63, 3.8) is 0 Å². The highest BCUT2D eigenvalue weighted by atomic mass is 16.6. The molecule has 0 radical (unpaired) electrons. The van der Waals surface area contributed by atoms with Crippen molar-refractivity contribution < 1.29 is 34.4 Å². The smallest absolute Gasteiger partial charge is 0.262 e. The lowest BCUT2D eigenvalue weighted by Gasteiger charge is -2.40. The second-order valence-electron chi connectivity index (χ2n) is 10.1. The largest absolute Gasteiger partial charge is 0.457 e. The Morgan fingerprint density at radius 1 is 1.05 bits per heavy atom. The van der Waals surface area contributed by atoms with Crippen molar-refractivity contribution in [1.82, 2.24) is 10.2 Å². The number of carbonyl (C=O) groups excluding carboxylic acids is 1. The number of anilines is 1. The van der Waals surface area contributed by atoms with Gasteiger partial charge in [0.05, 0.1) is 6.61 Å². The zero-order valence-electron chi connectivity index (χ0n) is 22.0. The average Bonchev–Trinajstić information content (AvgIpc) is 3.44. The van der Waals surface area contributed by atoms with Gasteiger partial charge < -0.3 is 44.7 Å². The van der Waals surface area contributed by atoms with E-state index in [0.717, 1.165) is 42.5 Å². The van der Waals surface area contributed by atoms with Gasteiger partial charge in [-0.3, -0.25) is 4.79 Å². The normalized spacial score (nSPS) is 26.1. The minimum atomic E-state index is -1.69. The molecule has 2 aromatic carbocycles.